The molecule has 5 heteroatoms. The summed E-state index contributed by atoms with van der Waals surface area (Å²) >= 11 is 1.00. The molecule has 3 aromatic rings. The van der Waals surface area contributed by atoms with Crippen LogP contribution in [0.25, 0.3) is 0 Å². The van der Waals surface area contributed by atoms with Gasteiger partial charge in [-0.05, 0) is 29.8 Å². The van der Waals surface area contributed by atoms with Crippen LogP contribution >= 0.6 is 11.3 Å². The fraction of sp³-hybridized carbons (Fsp3) is 0.0625. The highest BCUT2D eigenvalue weighted by molar-refractivity contribution is 7.07. The average Bonchev–Trinajstić information content (AvgIpc) is 2.82. The van der Waals surface area contributed by atoms with E-state index in [0.29, 0.717) is 6.54 Å². The Bertz CT molecular complexity index is 776. The molecule has 106 valence electrons. The number of aromatic hydroxyl groups is 1. The van der Waals surface area contributed by atoms with Gasteiger partial charge < -0.3 is 10.4 Å². The number of nitrogens with one attached hydrogen (secondary N) is 1. The number of thiazole rings is 1. The minimum Gasteiger partial charge on any atom is -0.494 e. The van der Waals surface area contributed by atoms with E-state index in [4.69, 9.17) is 0 Å². The Labute approximate surface area is 125 Å². The molecule has 1 heterocycles. The third-order valence-electron chi connectivity index (χ3n) is 3.12. The molecule has 2 N–H and O–H groups in total. The van der Waals surface area contributed by atoms with Crippen molar-refractivity contribution in [3.63, 3.8) is 0 Å². The normalized spacial score (nSPS) is 10.5. The van der Waals surface area contributed by atoms with Crippen LogP contribution in [0, 0.1) is 0 Å². The molecule has 3 rings (SSSR count). The third-order valence-corrected chi connectivity index (χ3v) is 3.87. The molecule has 0 atom stereocenters. The molecule has 0 saturated carbocycles. The standard InChI is InChI=1S/C16H14N2O2S/c19-15-11-21-16(20)18(15)10-12-6-8-14(9-7-12)17-13-4-2-1-3-5-13/h1-9,11,17,19H,10H2. The lowest BCUT2D eigenvalue weighted by Crippen LogP contribution is -2.13. The molecule has 0 aliphatic rings. The van der Waals surface area contributed by atoms with E-state index < -0.39 is 0 Å². The molecular weight excluding hydrogens is 284 g/mol. The summed E-state index contributed by atoms with van der Waals surface area (Å²) < 4.78 is 1.35. The van der Waals surface area contributed by atoms with Gasteiger partial charge in [-0.1, -0.05) is 41.7 Å². The first kappa shape index (κ1) is 13.5. The van der Waals surface area contributed by atoms with Crippen LogP contribution < -0.4 is 10.2 Å². The molecule has 0 fully saturated rings. The first-order valence-electron chi connectivity index (χ1n) is 6.51. The van der Waals surface area contributed by atoms with Gasteiger partial charge in [-0.3, -0.25) is 9.36 Å². The Kier molecular flexibility index (Phi) is 3.75. The van der Waals surface area contributed by atoms with Crippen molar-refractivity contribution in [2.45, 2.75) is 6.54 Å². The van der Waals surface area contributed by atoms with Crippen molar-refractivity contribution in [1.29, 1.82) is 0 Å². The van der Waals surface area contributed by atoms with E-state index in [-0.39, 0.29) is 10.8 Å². The lowest BCUT2D eigenvalue weighted by Gasteiger charge is -2.08. The number of hydrogen-bond acceptors (Lipinski definition) is 4. The quantitative estimate of drug-likeness (QED) is 0.776. The number of benzene rings is 2. The molecule has 0 saturated heterocycles. The molecule has 0 aliphatic carbocycles. The van der Waals surface area contributed by atoms with E-state index in [0.717, 1.165) is 28.3 Å². The van der Waals surface area contributed by atoms with E-state index in [2.05, 4.69) is 5.32 Å². The van der Waals surface area contributed by atoms with Crippen LogP contribution in [0.5, 0.6) is 5.88 Å². The molecule has 0 amide bonds. The Morgan fingerprint density at radius 3 is 2.29 bits per heavy atom. The van der Waals surface area contributed by atoms with Crippen LogP contribution in [-0.2, 0) is 6.54 Å². The zero-order valence-electron chi connectivity index (χ0n) is 11.2. The summed E-state index contributed by atoms with van der Waals surface area (Å²) in [5.74, 6) is 0.0106. The largest absolute Gasteiger partial charge is 0.494 e. The van der Waals surface area contributed by atoms with Crippen molar-refractivity contribution < 1.29 is 5.11 Å². The van der Waals surface area contributed by atoms with Crippen LogP contribution in [0.1, 0.15) is 5.56 Å². The van der Waals surface area contributed by atoms with E-state index in [9.17, 15) is 9.90 Å². The van der Waals surface area contributed by atoms with Gasteiger partial charge in [0.15, 0.2) is 0 Å². The van der Waals surface area contributed by atoms with Gasteiger partial charge in [0.05, 0.1) is 11.9 Å². The molecule has 4 nitrogen and oxygen atoms in total. The minimum atomic E-state index is -0.154. The molecule has 2 aromatic carbocycles. The van der Waals surface area contributed by atoms with Gasteiger partial charge in [-0.15, -0.1) is 0 Å². The predicted molar refractivity (Wildman–Crippen MR) is 85.5 cm³/mol. The Balaban J connectivity index is 1.74. The van der Waals surface area contributed by atoms with Gasteiger partial charge in [-0.2, -0.15) is 0 Å². The summed E-state index contributed by atoms with van der Waals surface area (Å²) in [5, 5.41) is 14.4. The first-order valence-corrected chi connectivity index (χ1v) is 7.38. The summed E-state index contributed by atoms with van der Waals surface area (Å²) in [4.78, 5) is 11.4. The minimum absolute atomic E-state index is 0.0106. The molecule has 0 unspecified atom stereocenters. The van der Waals surface area contributed by atoms with Crippen LogP contribution in [0.15, 0.2) is 64.8 Å². The number of anilines is 2. The molecule has 1 aromatic heterocycles. The second-order valence-corrected chi connectivity index (χ2v) is 5.45. The fourth-order valence-electron chi connectivity index (χ4n) is 2.03. The lowest BCUT2D eigenvalue weighted by atomic mass is 10.2. The molecule has 0 bridgehead atoms. The topological polar surface area (TPSA) is 54.3 Å². The Morgan fingerprint density at radius 1 is 1.00 bits per heavy atom. The van der Waals surface area contributed by atoms with Gasteiger partial charge in [0.25, 0.3) is 0 Å². The van der Waals surface area contributed by atoms with Crippen LogP contribution in [0.4, 0.5) is 11.4 Å². The van der Waals surface area contributed by atoms with E-state index in [1.807, 2.05) is 54.6 Å². The van der Waals surface area contributed by atoms with Gasteiger partial charge in [0.1, 0.15) is 0 Å². The lowest BCUT2D eigenvalue weighted by molar-refractivity contribution is 0.421. The van der Waals surface area contributed by atoms with Gasteiger partial charge in [0.2, 0.25) is 5.88 Å². The molecule has 0 radical (unpaired) electrons. The van der Waals surface area contributed by atoms with Crippen molar-refractivity contribution in [1.82, 2.24) is 4.57 Å². The zero-order valence-corrected chi connectivity index (χ0v) is 12.0. The fourth-order valence-corrected chi connectivity index (χ4v) is 2.65. The molecule has 0 aliphatic heterocycles. The maximum absolute atomic E-state index is 11.6. The Morgan fingerprint density at radius 2 is 1.67 bits per heavy atom. The monoisotopic (exact) mass is 298 g/mol. The highest BCUT2D eigenvalue weighted by Crippen LogP contribution is 2.18. The molecular formula is C16H14N2O2S. The highest BCUT2D eigenvalue weighted by Gasteiger charge is 2.05. The molecule has 21 heavy (non-hydrogen) atoms. The van der Waals surface area contributed by atoms with Crippen LogP contribution in [-0.4, -0.2) is 9.67 Å². The van der Waals surface area contributed by atoms with Crippen LogP contribution in [0.2, 0.25) is 0 Å². The number of aromatic nitrogens is 1. The third kappa shape index (κ3) is 3.14. The first-order chi connectivity index (χ1) is 10.2. The van der Waals surface area contributed by atoms with Crippen LogP contribution in [0.3, 0.4) is 0 Å². The SMILES string of the molecule is O=c1scc(O)n1Cc1ccc(Nc2ccccc2)cc1. The number of rotatable bonds is 4. The van der Waals surface area contributed by atoms with Gasteiger partial charge >= 0.3 is 4.87 Å². The smallest absolute Gasteiger partial charge is 0.310 e. The highest BCUT2D eigenvalue weighted by atomic mass is 32.1. The van der Waals surface area contributed by atoms with Crippen molar-refractivity contribution in [3.05, 3.63) is 75.2 Å². The maximum Gasteiger partial charge on any atom is 0.310 e. The van der Waals surface area contributed by atoms with Crippen molar-refractivity contribution >= 4 is 22.7 Å². The maximum atomic E-state index is 11.6. The summed E-state index contributed by atoms with van der Waals surface area (Å²) in [5.41, 5.74) is 2.97. The number of para-hydroxylation sites is 1. The van der Waals surface area contributed by atoms with E-state index in [1.54, 1.807) is 0 Å². The van der Waals surface area contributed by atoms with E-state index >= 15 is 0 Å². The summed E-state index contributed by atoms with van der Waals surface area (Å²) in [6.07, 6.45) is 0. The Hall–Kier alpha value is -2.53. The summed E-state index contributed by atoms with van der Waals surface area (Å²) in [6.45, 7) is 0.375. The number of hydrogen-bond donors (Lipinski definition) is 2. The van der Waals surface area contributed by atoms with E-state index in [1.165, 1.54) is 9.95 Å². The van der Waals surface area contributed by atoms with Crippen molar-refractivity contribution in [3.8, 4) is 5.88 Å². The van der Waals surface area contributed by atoms with Crippen molar-refractivity contribution in [2.75, 3.05) is 5.32 Å². The van der Waals surface area contributed by atoms with Crippen molar-refractivity contribution in [2.24, 2.45) is 0 Å². The van der Waals surface area contributed by atoms with Gasteiger partial charge in [-0.25, -0.2) is 0 Å². The molecule has 0 spiro atoms. The second kappa shape index (κ2) is 5.85. The van der Waals surface area contributed by atoms with Gasteiger partial charge in [0, 0.05) is 11.4 Å². The second-order valence-electron chi connectivity index (χ2n) is 4.63. The number of nitrogens with zero attached hydrogens (tertiary/aromatic N) is 1. The predicted octanol–water partition coefficient (Wildman–Crippen LogP) is 3.41. The summed E-state index contributed by atoms with van der Waals surface area (Å²) in [6, 6.07) is 17.7. The summed E-state index contributed by atoms with van der Waals surface area (Å²) in [7, 11) is 0. The zero-order chi connectivity index (χ0) is 14.7. The average molecular weight is 298 g/mol.